The number of nitrogens with zero attached hydrogens (tertiary/aromatic N) is 3. The van der Waals surface area contributed by atoms with Crippen molar-refractivity contribution in [1.29, 1.82) is 0 Å². The summed E-state index contributed by atoms with van der Waals surface area (Å²) in [5.74, 6) is -0.681. The first-order chi connectivity index (χ1) is 9.65. The smallest absolute Gasteiger partial charge is 0.317 e. The number of rotatable bonds is 5. The lowest BCUT2D eigenvalue weighted by Crippen LogP contribution is -2.49. The van der Waals surface area contributed by atoms with E-state index in [4.69, 9.17) is 5.11 Å². The first-order valence-electron chi connectivity index (χ1n) is 6.76. The van der Waals surface area contributed by atoms with Gasteiger partial charge in [0.1, 0.15) is 0 Å². The Kier molecular flexibility index (Phi) is 5.06. The SMILES string of the molecule is O=C(O)CN1CCN(C(=O)CCc2ccncc2)CC1. The molecule has 1 aromatic rings. The van der Waals surface area contributed by atoms with Gasteiger partial charge in [0.15, 0.2) is 0 Å². The van der Waals surface area contributed by atoms with Crippen LogP contribution in [0.25, 0.3) is 0 Å². The van der Waals surface area contributed by atoms with E-state index in [9.17, 15) is 9.59 Å². The number of hydrogen-bond acceptors (Lipinski definition) is 4. The standard InChI is InChI=1S/C14H19N3O3/c18-13(2-1-12-3-5-15-6-4-12)17-9-7-16(8-10-17)11-14(19)20/h3-6H,1-2,7-11H2,(H,19,20). The number of carboxylic acids is 1. The number of aryl methyl sites for hydroxylation is 1. The number of pyridine rings is 1. The predicted molar refractivity (Wildman–Crippen MR) is 73.2 cm³/mol. The summed E-state index contributed by atoms with van der Waals surface area (Å²) in [6.45, 7) is 2.55. The number of aliphatic carboxylic acids is 1. The van der Waals surface area contributed by atoms with Gasteiger partial charge < -0.3 is 10.0 Å². The molecule has 1 aliphatic heterocycles. The second-order valence-electron chi connectivity index (χ2n) is 4.91. The average Bonchev–Trinajstić information content (AvgIpc) is 2.46. The Morgan fingerprint density at radius 3 is 2.40 bits per heavy atom. The van der Waals surface area contributed by atoms with Crippen LogP contribution in [0.1, 0.15) is 12.0 Å². The summed E-state index contributed by atoms with van der Waals surface area (Å²) < 4.78 is 0. The van der Waals surface area contributed by atoms with Gasteiger partial charge in [-0.3, -0.25) is 19.5 Å². The minimum atomic E-state index is -0.817. The van der Waals surface area contributed by atoms with Crippen LogP contribution in [0.2, 0.25) is 0 Å². The average molecular weight is 277 g/mol. The minimum Gasteiger partial charge on any atom is -0.480 e. The van der Waals surface area contributed by atoms with Crippen LogP contribution in [0.4, 0.5) is 0 Å². The van der Waals surface area contributed by atoms with Gasteiger partial charge in [0, 0.05) is 45.0 Å². The Morgan fingerprint density at radius 2 is 1.80 bits per heavy atom. The van der Waals surface area contributed by atoms with Crippen LogP contribution >= 0.6 is 0 Å². The summed E-state index contributed by atoms with van der Waals surface area (Å²) in [6.07, 6.45) is 4.66. The number of carboxylic acid groups (broad SMARTS) is 1. The van der Waals surface area contributed by atoms with Gasteiger partial charge >= 0.3 is 5.97 Å². The highest BCUT2D eigenvalue weighted by molar-refractivity contribution is 5.76. The third-order valence-corrected chi connectivity index (χ3v) is 3.46. The largest absolute Gasteiger partial charge is 0.480 e. The molecule has 0 aliphatic carbocycles. The first kappa shape index (κ1) is 14.5. The van der Waals surface area contributed by atoms with E-state index in [1.807, 2.05) is 21.9 Å². The molecule has 1 N–H and O–H groups in total. The number of piperazine rings is 1. The molecule has 0 saturated carbocycles. The lowest BCUT2D eigenvalue weighted by molar-refractivity contribution is -0.139. The zero-order chi connectivity index (χ0) is 14.4. The Balaban J connectivity index is 1.73. The number of carbonyl (C=O) groups excluding carboxylic acids is 1. The van der Waals surface area contributed by atoms with Crippen molar-refractivity contribution in [3.63, 3.8) is 0 Å². The summed E-state index contributed by atoms with van der Waals surface area (Å²) in [6, 6.07) is 3.83. The molecule has 1 saturated heterocycles. The van der Waals surface area contributed by atoms with Crippen molar-refractivity contribution in [3.05, 3.63) is 30.1 Å². The summed E-state index contributed by atoms with van der Waals surface area (Å²) in [5, 5.41) is 8.72. The molecule has 0 bridgehead atoms. The topological polar surface area (TPSA) is 73.7 Å². The molecule has 108 valence electrons. The Labute approximate surface area is 118 Å². The number of hydrogen-bond donors (Lipinski definition) is 1. The van der Waals surface area contributed by atoms with Gasteiger partial charge in [-0.1, -0.05) is 0 Å². The van der Waals surface area contributed by atoms with Gasteiger partial charge in [-0.25, -0.2) is 0 Å². The number of aromatic nitrogens is 1. The van der Waals surface area contributed by atoms with Gasteiger partial charge in [-0.2, -0.15) is 0 Å². The van der Waals surface area contributed by atoms with Crippen LogP contribution in [-0.4, -0.2) is 64.5 Å². The maximum atomic E-state index is 12.1. The van der Waals surface area contributed by atoms with Crippen LogP contribution in [0, 0.1) is 0 Å². The quantitative estimate of drug-likeness (QED) is 0.834. The molecule has 0 atom stereocenters. The highest BCUT2D eigenvalue weighted by atomic mass is 16.4. The summed E-state index contributed by atoms with van der Waals surface area (Å²) in [5.41, 5.74) is 1.11. The van der Waals surface area contributed by atoms with E-state index in [1.165, 1.54) is 0 Å². The maximum Gasteiger partial charge on any atom is 0.317 e. The monoisotopic (exact) mass is 277 g/mol. The molecular formula is C14H19N3O3. The fourth-order valence-corrected chi connectivity index (χ4v) is 2.31. The third kappa shape index (κ3) is 4.31. The molecule has 20 heavy (non-hydrogen) atoms. The molecule has 1 aliphatic rings. The molecule has 1 aromatic heterocycles. The van der Waals surface area contributed by atoms with Crippen LogP contribution in [-0.2, 0) is 16.0 Å². The molecule has 0 aromatic carbocycles. The summed E-state index contributed by atoms with van der Waals surface area (Å²) in [7, 11) is 0. The highest BCUT2D eigenvalue weighted by Gasteiger charge is 2.21. The van der Waals surface area contributed by atoms with Crippen molar-refractivity contribution in [2.45, 2.75) is 12.8 Å². The zero-order valence-electron chi connectivity index (χ0n) is 11.4. The van der Waals surface area contributed by atoms with Gasteiger partial charge in [0.05, 0.1) is 6.54 Å². The van der Waals surface area contributed by atoms with E-state index in [1.54, 1.807) is 12.4 Å². The lowest BCUT2D eigenvalue weighted by atomic mass is 10.1. The van der Waals surface area contributed by atoms with Gasteiger partial charge in [-0.15, -0.1) is 0 Å². The molecule has 0 unspecified atom stereocenters. The van der Waals surface area contributed by atoms with E-state index in [-0.39, 0.29) is 12.5 Å². The molecular weight excluding hydrogens is 258 g/mol. The van der Waals surface area contributed by atoms with E-state index < -0.39 is 5.97 Å². The molecule has 0 radical (unpaired) electrons. The fraction of sp³-hybridized carbons (Fsp3) is 0.500. The molecule has 6 nitrogen and oxygen atoms in total. The molecule has 1 amide bonds. The molecule has 2 rings (SSSR count). The lowest BCUT2D eigenvalue weighted by Gasteiger charge is -2.33. The molecule has 1 fully saturated rings. The predicted octanol–water partition coefficient (Wildman–Crippen LogP) is 0.243. The van der Waals surface area contributed by atoms with Crippen molar-refractivity contribution >= 4 is 11.9 Å². The number of amides is 1. The Bertz CT molecular complexity index is 456. The summed E-state index contributed by atoms with van der Waals surface area (Å²) in [4.78, 5) is 30.3. The second kappa shape index (κ2) is 7.00. The van der Waals surface area contributed by atoms with Crippen molar-refractivity contribution in [3.8, 4) is 0 Å². The van der Waals surface area contributed by atoms with Gasteiger partial charge in [0.2, 0.25) is 5.91 Å². The minimum absolute atomic E-state index is 0.0546. The second-order valence-corrected chi connectivity index (χ2v) is 4.91. The fourth-order valence-electron chi connectivity index (χ4n) is 2.31. The highest BCUT2D eigenvalue weighted by Crippen LogP contribution is 2.07. The normalized spacial score (nSPS) is 16.1. The van der Waals surface area contributed by atoms with E-state index in [0.29, 0.717) is 32.6 Å². The number of carbonyl (C=O) groups is 2. The van der Waals surface area contributed by atoms with Crippen LogP contribution in [0.15, 0.2) is 24.5 Å². The molecule has 0 spiro atoms. The van der Waals surface area contributed by atoms with Crippen molar-refractivity contribution in [2.24, 2.45) is 0 Å². The van der Waals surface area contributed by atoms with Gasteiger partial charge in [0.25, 0.3) is 0 Å². The molecule has 6 heteroatoms. The van der Waals surface area contributed by atoms with Crippen molar-refractivity contribution < 1.29 is 14.7 Å². The maximum absolute atomic E-state index is 12.1. The van der Waals surface area contributed by atoms with E-state index >= 15 is 0 Å². The Hall–Kier alpha value is -1.95. The van der Waals surface area contributed by atoms with Crippen molar-refractivity contribution in [1.82, 2.24) is 14.8 Å². The van der Waals surface area contributed by atoms with Crippen LogP contribution in [0.3, 0.4) is 0 Å². The zero-order valence-corrected chi connectivity index (χ0v) is 11.4. The molecule has 2 heterocycles. The van der Waals surface area contributed by atoms with Crippen LogP contribution in [0.5, 0.6) is 0 Å². The van der Waals surface area contributed by atoms with Gasteiger partial charge in [-0.05, 0) is 24.1 Å². The third-order valence-electron chi connectivity index (χ3n) is 3.46. The van der Waals surface area contributed by atoms with Crippen molar-refractivity contribution in [2.75, 3.05) is 32.7 Å². The van der Waals surface area contributed by atoms with E-state index in [0.717, 1.165) is 12.0 Å². The van der Waals surface area contributed by atoms with E-state index in [2.05, 4.69) is 4.98 Å². The summed E-state index contributed by atoms with van der Waals surface area (Å²) >= 11 is 0. The first-order valence-corrected chi connectivity index (χ1v) is 6.76. The van der Waals surface area contributed by atoms with Crippen LogP contribution < -0.4 is 0 Å². The Morgan fingerprint density at radius 1 is 1.15 bits per heavy atom.